The zero-order valence-electron chi connectivity index (χ0n) is 6.65. The SMILES string of the molecule is Cc1sc2cc(C(=O)Cl)[nH]c2c1Cl. The van der Waals surface area contributed by atoms with E-state index in [1.54, 1.807) is 17.4 Å². The number of H-pyrrole nitrogens is 1. The van der Waals surface area contributed by atoms with Gasteiger partial charge < -0.3 is 4.98 Å². The van der Waals surface area contributed by atoms with Crippen LogP contribution in [0.1, 0.15) is 15.4 Å². The summed E-state index contributed by atoms with van der Waals surface area (Å²) >= 11 is 12.8. The number of thiophene rings is 1. The maximum atomic E-state index is 10.8. The predicted molar refractivity (Wildman–Crippen MR) is 56.1 cm³/mol. The lowest BCUT2D eigenvalue weighted by Gasteiger charge is -1.86. The minimum absolute atomic E-state index is 0.393. The molecule has 0 aliphatic rings. The fraction of sp³-hybridized carbons (Fsp3) is 0.125. The molecule has 0 aliphatic heterocycles. The maximum absolute atomic E-state index is 10.8. The van der Waals surface area contributed by atoms with E-state index in [1.165, 1.54) is 0 Å². The van der Waals surface area contributed by atoms with Crippen LogP contribution in [0.5, 0.6) is 0 Å². The first-order chi connectivity index (χ1) is 6.09. The van der Waals surface area contributed by atoms with Gasteiger partial charge in [-0.25, -0.2) is 0 Å². The van der Waals surface area contributed by atoms with Gasteiger partial charge in [0, 0.05) is 4.88 Å². The standard InChI is InChI=1S/C8H5Cl2NOS/c1-3-6(9)7-5(13-3)2-4(11-7)8(10)12/h2,11H,1H3. The molecule has 0 aliphatic carbocycles. The van der Waals surface area contributed by atoms with Crippen molar-refractivity contribution in [2.24, 2.45) is 0 Å². The summed E-state index contributed by atoms with van der Waals surface area (Å²) in [6, 6.07) is 1.72. The summed E-state index contributed by atoms with van der Waals surface area (Å²) in [5.41, 5.74) is 1.19. The van der Waals surface area contributed by atoms with Gasteiger partial charge >= 0.3 is 0 Å². The molecule has 2 aromatic rings. The van der Waals surface area contributed by atoms with Gasteiger partial charge in [0.1, 0.15) is 5.69 Å². The van der Waals surface area contributed by atoms with E-state index in [2.05, 4.69) is 4.98 Å². The lowest BCUT2D eigenvalue weighted by Crippen LogP contribution is -1.86. The minimum Gasteiger partial charge on any atom is -0.349 e. The minimum atomic E-state index is -0.489. The molecule has 0 bridgehead atoms. The number of halogens is 2. The van der Waals surface area contributed by atoms with Crippen molar-refractivity contribution < 1.29 is 4.79 Å². The molecule has 2 rings (SSSR count). The van der Waals surface area contributed by atoms with E-state index in [9.17, 15) is 4.79 Å². The lowest BCUT2D eigenvalue weighted by molar-refractivity contribution is 0.107. The molecule has 0 aromatic carbocycles. The molecule has 2 aromatic heterocycles. The Kier molecular flexibility index (Phi) is 2.10. The van der Waals surface area contributed by atoms with E-state index in [0.717, 1.165) is 15.1 Å². The van der Waals surface area contributed by atoms with E-state index in [-0.39, 0.29) is 0 Å². The van der Waals surface area contributed by atoms with Crippen LogP contribution >= 0.6 is 34.5 Å². The molecule has 0 saturated heterocycles. The Balaban J connectivity index is 2.72. The summed E-state index contributed by atoms with van der Waals surface area (Å²) in [4.78, 5) is 14.7. The smallest absolute Gasteiger partial charge is 0.268 e. The van der Waals surface area contributed by atoms with Gasteiger partial charge in [-0.15, -0.1) is 11.3 Å². The average Bonchev–Trinajstić information content (AvgIpc) is 2.55. The Morgan fingerprint density at radius 1 is 1.62 bits per heavy atom. The summed E-state index contributed by atoms with van der Waals surface area (Å²) < 4.78 is 0.964. The Hall–Kier alpha value is -0.510. The van der Waals surface area contributed by atoms with Crippen LogP contribution in [0.25, 0.3) is 10.2 Å². The summed E-state index contributed by atoms with van der Waals surface area (Å²) in [6.07, 6.45) is 0. The van der Waals surface area contributed by atoms with Crippen LogP contribution < -0.4 is 0 Å². The van der Waals surface area contributed by atoms with Crippen LogP contribution in [0.3, 0.4) is 0 Å². The third kappa shape index (κ3) is 1.37. The van der Waals surface area contributed by atoms with Gasteiger partial charge in [-0.05, 0) is 24.6 Å². The van der Waals surface area contributed by atoms with Crippen LogP contribution in [0.2, 0.25) is 5.02 Å². The second-order valence-corrected chi connectivity index (χ2v) is 4.65. The normalized spacial score (nSPS) is 11.0. The topological polar surface area (TPSA) is 32.9 Å². The van der Waals surface area contributed by atoms with E-state index in [0.29, 0.717) is 10.7 Å². The van der Waals surface area contributed by atoms with Crippen molar-refractivity contribution in [1.29, 1.82) is 0 Å². The van der Waals surface area contributed by atoms with Gasteiger partial charge in [0.2, 0.25) is 0 Å². The molecule has 5 heteroatoms. The van der Waals surface area contributed by atoms with E-state index in [4.69, 9.17) is 23.2 Å². The lowest BCUT2D eigenvalue weighted by atomic mass is 10.4. The van der Waals surface area contributed by atoms with Crippen LogP contribution in [0.15, 0.2) is 6.07 Å². The number of hydrogen-bond acceptors (Lipinski definition) is 2. The van der Waals surface area contributed by atoms with Crippen molar-refractivity contribution in [1.82, 2.24) is 4.98 Å². The zero-order valence-corrected chi connectivity index (χ0v) is 8.98. The molecule has 0 amide bonds. The molecule has 13 heavy (non-hydrogen) atoms. The number of carbonyl (C=O) groups is 1. The highest BCUT2D eigenvalue weighted by molar-refractivity contribution is 7.19. The first kappa shape index (κ1) is 9.06. The molecule has 2 heterocycles. The van der Waals surface area contributed by atoms with Crippen molar-refractivity contribution in [2.75, 3.05) is 0 Å². The Morgan fingerprint density at radius 2 is 2.31 bits per heavy atom. The number of aryl methyl sites for hydroxylation is 1. The van der Waals surface area contributed by atoms with Crippen molar-refractivity contribution in [2.45, 2.75) is 6.92 Å². The quantitative estimate of drug-likeness (QED) is 0.751. The maximum Gasteiger partial charge on any atom is 0.268 e. The molecule has 0 fully saturated rings. The van der Waals surface area contributed by atoms with Crippen molar-refractivity contribution in [3.05, 3.63) is 21.7 Å². The van der Waals surface area contributed by atoms with Crippen LogP contribution in [0.4, 0.5) is 0 Å². The summed E-state index contributed by atoms with van der Waals surface area (Å²) in [7, 11) is 0. The molecular weight excluding hydrogens is 229 g/mol. The van der Waals surface area contributed by atoms with E-state index < -0.39 is 5.24 Å². The van der Waals surface area contributed by atoms with Gasteiger partial charge in [-0.2, -0.15) is 0 Å². The number of aromatic amines is 1. The van der Waals surface area contributed by atoms with Crippen molar-refractivity contribution in [3.63, 3.8) is 0 Å². The fourth-order valence-corrected chi connectivity index (χ4v) is 2.55. The first-order valence-electron chi connectivity index (χ1n) is 3.57. The van der Waals surface area contributed by atoms with Crippen LogP contribution in [0, 0.1) is 6.92 Å². The molecule has 0 unspecified atom stereocenters. The van der Waals surface area contributed by atoms with Gasteiger partial charge in [-0.3, -0.25) is 4.79 Å². The highest BCUT2D eigenvalue weighted by Gasteiger charge is 2.12. The molecule has 0 spiro atoms. The number of hydrogen-bond donors (Lipinski definition) is 1. The molecular formula is C8H5Cl2NOS. The molecule has 1 N–H and O–H groups in total. The predicted octanol–water partition coefficient (Wildman–Crippen LogP) is 3.57. The second-order valence-electron chi connectivity index (χ2n) is 2.67. The fourth-order valence-electron chi connectivity index (χ4n) is 1.17. The van der Waals surface area contributed by atoms with Gasteiger partial charge in [0.25, 0.3) is 5.24 Å². The van der Waals surface area contributed by atoms with Gasteiger partial charge in [0.15, 0.2) is 0 Å². The molecule has 2 nitrogen and oxygen atoms in total. The number of aromatic nitrogens is 1. The van der Waals surface area contributed by atoms with Gasteiger partial charge in [-0.1, -0.05) is 11.6 Å². The van der Waals surface area contributed by atoms with Crippen molar-refractivity contribution >= 4 is 50.0 Å². The average molecular weight is 234 g/mol. The molecule has 0 saturated carbocycles. The molecule has 0 atom stereocenters. The highest BCUT2D eigenvalue weighted by atomic mass is 35.5. The Bertz CT molecular complexity index is 486. The highest BCUT2D eigenvalue weighted by Crippen LogP contribution is 2.34. The van der Waals surface area contributed by atoms with E-state index >= 15 is 0 Å². The van der Waals surface area contributed by atoms with E-state index in [1.807, 2.05) is 6.92 Å². The third-order valence-electron chi connectivity index (χ3n) is 1.78. The monoisotopic (exact) mass is 233 g/mol. The zero-order chi connectivity index (χ0) is 9.59. The molecule has 0 radical (unpaired) electrons. The summed E-state index contributed by atoms with van der Waals surface area (Å²) in [6.45, 7) is 1.93. The van der Waals surface area contributed by atoms with Gasteiger partial charge in [0.05, 0.1) is 15.2 Å². The Labute approximate surface area is 88.5 Å². The summed E-state index contributed by atoms with van der Waals surface area (Å²) in [5, 5.41) is 0.182. The number of rotatable bonds is 1. The first-order valence-corrected chi connectivity index (χ1v) is 5.14. The van der Waals surface area contributed by atoms with Crippen molar-refractivity contribution in [3.8, 4) is 0 Å². The Morgan fingerprint density at radius 3 is 2.85 bits per heavy atom. The number of fused-ring (bicyclic) bond motifs is 1. The third-order valence-corrected chi connectivity index (χ3v) is 3.63. The largest absolute Gasteiger partial charge is 0.349 e. The number of nitrogens with one attached hydrogen (secondary N) is 1. The molecule has 68 valence electrons. The van der Waals surface area contributed by atoms with Crippen LogP contribution in [-0.4, -0.2) is 10.2 Å². The number of carbonyl (C=O) groups excluding carboxylic acids is 1. The summed E-state index contributed by atoms with van der Waals surface area (Å²) in [5.74, 6) is 0. The van der Waals surface area contributed by atoms with Crippen LogP contribution in [-0.2, 0) is 0 Å². The second kappa shape index (κ2) is 3.01.